The van der Waals surface area contributed by atoms with Gasteiger partial charge in [0.25, 0.3) is 5.91 Å². The third kappa shape index (κ3) is 3.12. The molecule has 0 unspecified atom stereocenters. The molecule has 7 heteroatoms. The van der Waals surface area contributed by atoms with E-state index in [0.717, 1.165) is 16.4 Å². The highest BCUT2D eigenvalue weighted by Crippen LogP contribution is 2.28. The molecule has 0 fully saturated rings. The standard InChI is InChI=1S/C14H10ClN3OS2/c1-8-6-7-11(20-8)12-16-14(21-18-12)17-13(19)9-4-2-3-5-10(9)15/h2-7H,1H3,(H,16,17,18,19). The molecule has 0 aliphatic heterocycles. The summed E-state index contributed by atoms with van der Waals surface area (Å²) < 4.78 is 4.26. The van der Waals surface area contributed by atoms with Gasteiger partial charge in [0, 0.05) is 16.4 Å². The van der Waals surface area contributed by atoms with E-state index in [1.165, 1.54) is 4.88 Å². The van der Waals surface area contributed by atoms with Crippen LogP contribution in [0.25, 0.3) is 10.7 Å². The lowest BCUT2D eigenvalue weighted by molar-refractivity contribution is 0.102. The van der Waals surface area contributed by atoms with Crippen LogP contribution < -0.4 is 5.32 Å². The van der Waals surface area contributed by atoms with Crippen LogP contribution >= 0.6 is 34.5 Å². The van der Waals surface area contributed by atoms with E-state index < -0.39 is 0 Å². The number of carbonyl (C=O) groups is 1. The van der Waals surface area contributed by atoms with Crippen LogP contribution in [0.2, 0.25) is 5.02 Å². The predicted molar refractivity (Wildman–Crippen MR) is 87.4 cm³/mol. The first-order valence-electron chi connectivity index (χ1n) is 6.10. The van der Waals surface area contributed by atoms with Gasteiger partial charge in [-0.25, -0.2) is 0 Å². The molecule has 0 aliphatic carbocycles. The number of thiophene rings is 1. The molecule has 0 radical (unpaired) electrons. The molecule has 1 aromatic carbocycles. The minimum absolute atomic E-state index is 0.286. The molecule has 0 saturated heterocycles. The highest BCUT2D eigenvalue weighted by atomic mass is 35.5. The van der Waals surface area contributed by atoms with Gasteiger partial charge >= 0.3 is 0 Å². The van der Waals surface area contributed by atoms with Gasteiger partial charge in [-0.05, 0) is 31.2 Å². The molecule has 2 aromatic heterocycles. The summed E-state index contributed by atoms with van der Waals surface area (Å²) in [4.78, 5) is 18.6. The fourth-order valence-corrected chi connectivity index (χ4v) is 3.40. The summed E-state index contributed by atoms with van der Waals surface area (Å²) in [6, 6.07) is 10.9. The highest BCUT2D eigenvalue weighted by Gasteiger charge is 2.14. The maximum absolute atomic E-state index is 12.1. The number of benzene rings is 1. The van der Waals surface area contributed by atoms with Crippen molar-refractivity contribution in [1.29, 1.82) is 0 Å². The first kappa shape index (κ1) is 14.2. The molecular weight excluding hydrogens is 326 g/mol. The lowest BCUT2D eigenvalue weighted by atomic mass is 10.2. The normalized spacial score (nSPS) is 10.6. The largest absolute Gasteiger partial charge is 0.297 e. The molecule has 0 spiro atoms. The molecule has 21 heavy (non-hydrogen) atoms. The van der Waals surface area contributed by atoms with Gasteiger partial charge in [0.1, 0.15) is 0 Å². The zero-order valence-corrected chi connectivity index (χ0v) is 13.4. The van der Waals surface area contributed by atoms with Crippen molar-refractivity contribution >= 4 is 45.5 Å². The Labute approximate surface area is 134 Å². The number of halogens is 1. The summed E-state index contributed by atoms with van der Waals surface area (Å²) in [5, 5.41) is 3.59. The molecule has 4 nitrogen and oxygen atoms in total. The molecule has 3 aromatic rings. The summed E-state index contributed by atoms with van der Waals surface area (Å²) in [7, 11) is 0. The molecule has 0 atom stereocenters. The summed E-state index contributed by atoms with van der Waals surface area (Å²) in [6.45, 7) is 2.03. The Balaban J connectivity index is 1.79. The van der Waals surface area contributed by atoms with E-state index >= 15 is 0 Å². The summed E-state index contributed by atoms with van der Waals surface area (Å²) >= 11 is 8.77. The number of anilines is 1. The Morgan fingerprint density at radius 2 is 2.05 bits per heavy atom. The van der Waals surface area contributed by atoms with Crippen molar-refractivity contribution in [3.63, 3.8) is 0 Å². The van der Waals surface area contributed by atoms with E-state index in [9.17, 15) is 4.79 Å². The smallest absolute Gasteiger partial charge is 0.258 e. The van der Waals surface area contributed by atoms with Crippen LogP contribution in [0.3, 0.4) is 0 Å². The van der Waals surface area contributed by atoms with E-state index in [0.29, 0.717) is 21.5 Å². The van der Waals surface area contributed by atoms with Gasteiger partial charge in [0.2, 0.25) is 5.13 Å². The van der Waals surface area contributed by atoms with Gasteiger partial charge in [0.15, 0.2) is 5.82 Å². The SMILES string of the molecule is Cc1ccc(-c2nsc(NC(=O)c3ccccc3Cl)n2)s1. The van der Waals surface area contributed by atoms with Gasteiger partial charge < -0.3 is 0 Å². The van der Waals surface area contributed by atoms with Crippen LogP contribution in [-0.4, -0.2) is 15.3 Å². The Hall–Kier alpha value is -1.76. The maximum atomic E-state index is 12.1. The second-order valence-electron chi connectivity index (χ2n) is 4.27. The number of aryl methyl sites for hydroxylation is 1. The summed E-state index contributed by atoms with van der Waals surface area (Å²) in [5.74, 6) is 0.346. The van der Waals surface area contributed by atoms with E-state index in [2.05, 4.69) is 14.7 Å². The lowest BCUT2D eigenvalue weighted by Gasteiger charge is -2.02. The molecule has 1 amide bonds. The minimum Gasteiger partial charge on any atom is -0.297 e. The van der Waals surface area contributed by atoms with E-state index in [-0.39, 0.29) is 5.91 Å². The first-order valence-corrected chi connectivity index (χ1v) is 8.06. The number of carbonyl (C=O) groups excluding carboxylic acids is 1. The number of amides is 1. The predicted octanol–water partition coefficient (Wildman–Crippen LogP) is 4.48. The van der Waals surface area contributed by atoms with Crippen molar-refractivity contribution < 1.29 is 4.79 Å². The van der Waals surface area contributed by atoms with Crippen molar-refractivity contribution in [2.45, 2.75) is 6.92 Å². The van der Waals surface area contributed by atoms with E-state index in [4.69, 9.17) is 11.6 Å². The van der Waals surface area contributed by atoms with Crippen LogP contribution in [0, 0.1) is 6.92 Å². The highest BCUT2D eigenvalue weighted by molar-refractivity contribution is 7.15. The Morgan fingerprint density at radius 3 is 2.76 bits per heavy atom. The third-order valence-electron chi connectivity index (χ3n) is 2.73. The zero-order valence-electron chi connectivity index (χ0n) is 11.0. The van der Waals surface area contributed by atoms with Crippen molar-refractivity contribution in [3.05, 3.63) is 51.9 Å². The van der Waals surface area contributed by atoms with Gasteiger partial charge in [-0.2, -0.15) is 9.36 Å². The first-order chi connectivity index (χ1) is 10.1. The van der Waals surface area contributed by atoms with Gasteiger partial charge in [-0.3, -0.25) is 10.1 Å². The molecule has 0 saturated carbocycles. The van der Waals surface area contributed by atoms with Crippen molar-refractivity contribution in [2.24, 2.45) is 0 Å². The number of nitrogens with zero attached hydrogens (tertiary/aromatic N) is 2. The quantitative estimate of drug-likeness (QED) is 0.767. The van der Waals surface area contributed by atoms with Crippen LogP contribution in [0.15, 0.2) is 36.4 Å². The Kier molecular flexibility index (Phi) is 4.01. The Bertz CT molecular complexity index is 797. The fourth-order valence-electron chi connectivity index (χ4n) is 1.74. The molecular formula is C14H10ClN3OS2. The molecule has 0 aliphatic rings. The average molecular weight is 336 g/mol. The van der Waals surface area contributed by atoms with Crippen LogP contribution in [0.5, 0.6) is 0 Å². The molecule has 3 rings (SSSR count). The second kappa shape index (κ2) is 5.93. The van der Waals surface area contributed by atoms with Crippen LogP contribution in [0.1, 0.15) is 15.2 Å². The number of rotatable bonds is 3. The molecule has 1 N–H and O–H groups in total. The third-order valence-corrected chi connectivity index (χ3v) is 4.68. The van der Waals surface area contributed by atoms with Gasteiger partial charge in [-0.1, -0.05) is 23.7 Å². The topological polar surface area (TPSA) is 54.9 Å². The minimum atomic E-state index is -0.286. The zero-order chi connectivity index (χ0) is 14.8. The van der Waals surface area contributed by atoms with Crippen LogP contribution in [-0.2, 0) is 0 Å². The molecule has 0 bridgehead atoms. The van der Waals surface area contributed by atoms with Gasteiger partial charge in [0.05, 0.1) is 15.5 Å². The molecule has 106 valence electrons. The van der Waals surface area contributed by atoms with Crippen molar-refractivity contribution in [1.82, 2.24) is 9.36 Å². The Morgan fingerprint density at radius 1 is 1.24 bits per heavy atom. The average Bonchev–Trinajstić information content (AvgIpc) is 3.08. The van der Waals surface area contributed by atoms with E-state index in [1.54, 1.807) is 35.6 Å². The number of hydrogen-bond donors (Lipinski definition) is 1. The molecule has 2 heterocycles. The second-order valence-corrected chi connectivity index (χ2v) is 6.71. The van der Waals surface area contributed by atoms with Crippen LogP contribution in [0.4, 0.5) is 5.13 Å². The van der Waals surface area contributed by atoms with Gasteiger partial charge in [-0.15, -0.1) is 11.3 Å². The van der Waals surface area contributed by atoms with Crippen molar-refractivity contribution in [3.8, 4) is 10.7 Å². The fraction of sp³-hybridized carbons (Fsp3) is 0.0714. The number of nitrogens with one attached hydrogen (secondary N) is 1. The summed E-state index contributed by atoms with van der Waals surface area (Å²) in [6.07, 6.45) is 0. The lowest BCUT2D eigenvalue weighted by Crippen LogP contribution is -2.12. The van der Waals surface area contributed by atoms with Crippen molar-refractivity contribution in [2.75, 3.05) is 5.32 Å². The summed E-state index contributed by atoms with van der Waals surface area (Å²) in [5.41, 5.74) is 0.419. The number of hydrogen-bond acceptors (Lipinski definition) is 5. The number of aromatic nitrogens is 2. The van der Waals surface area contributed by atoms with E-state index in [1.807, 2.05) is 19.1 Å². The maximum Gasteiger partial charge on any atom is 0.258 e. The monoisotopic (exact) mass is 335 g/mol.